The monoisotopic (exact) mass is 434 g/mol. The van der Waals surface area contributed by atoms with E-state index in [1.54, 1.807) is 0 Å². The molecular weight excluding hydrogens is 388 g/mol. The van der Waals surface area contributed by atoms with Gasteiger partial charge in [0.15, 0.2) is 0 Å². The summed E-state index contributed by atoms with van der Waals surface area (Å²) in [7, 11) is 0. The lowest BCUT2D eigenvalue weighted by molar-refractivity contribution is -0.208. The van der Waals surface area contributed by atoms with Crippen LogP contribution < -0.4 is 0 Å². The lowest BCUT2D eigenvalue weighted by atomic mass is 9.43. The average molecular weight is 435 g/mol. The summed E-state index contributed by atoms with van der Waals surface area (Å²) in [6.07, 6.45) is 8.22. The lowest BCUT2D eigenvalue weighted by Crippen LogP contribution is -2.62. The molecule has 0 radical (unpaired) electrons. The minimum atomic E-state index is -0.996. The van der Waals surface area contributed by atoms with E-state index in [4.69, 9.17) is 0 Å². The summed E-state index contributed by atoms with van der Waals surface area (Å²) in [5, 5.41) is 41.8. The summed E-state index contributed by atoms with van der Waals surface area (Å²) in [6, 6.07) is 0. The van der Waals surface area contributed by atoms with Crippen LogP contribution in [0.25, 0.3) is 0 Å². The maximum atomic E-state index is 10.8. The molecule has 0 aromatic heterocycles. The van der Waals surface area contributed by atoms with Gasteiger partial charge in [-0.05, 0) is 117 Å². The number of aliphatic hydroxyl groups is 4. The number of hydrogen-bond acceptors (Lipinski definition) is 4. The van der Waals surface area contributed by atoms with Crippen LogP contribution in [0.4, 0.5) is 0 Å². The molecule has 0 saturated heterocycles. The van der Waals surface area contributed by atoms with Gasteiger partial charge in [0.25, 0.3) is 0 Å². The highest BCUT2D eigenvalue weighted by molar-refractivity contribution is 5.12. The molecule has 0 heterocycles. The third kappa shape index (κ3) is 3.84. The maximum absolute atomic E-state index is 10.8. The van der Waals surface area contributed by atoms with Crippen LogP contribution in [-0.2, 0) is 0 Å². The van der Waals surface area contributed by atoms with Crippen molar-refractivity contribution in [1.82, 2.24) is 0 Å². The van der Waals surface area contributed by atoms with E-state index < -0.39 is 18.3 Å². The lowest BCUT2D eigenvalue weighted by Gasteiger charge is -2.62. The second-order valence-corrected chi connectivity index (χ2v) is 12.3. The van der Waals surface area contributed by atoms with E-state index in [1.807, 2.05) is 0 Å². The molecule has 11 unspecified atom stereocenters. The topological polar surface area (TPSA) is 80.9 Å². The molecule has 0 amide bonds. The quantitative estimate of drug-likeness (QED) is 0.470. The highest BCUT2D eigenvalue weighted by Crippen LogP contribution is 2.68. The Kier molecular flexibility index (Phi) is 6.69. The SMILES string of the molecule is C=C(C)CCCC(CO)C1CCC2C3CCC4C(O)C(O)C(O)CC4(C)C3CCC12C. The molecule has 4 N–H and O–H groups in total. The van der Waals surface area contributed by atoms with Crippen LogP contribution in [0.15, 0.2) is 12.2 Å². The number of hydrogen-bond donors (Lipinski definition) is 4. The first-order chi connectivity index (χ1) is 14.6. The molecule has 0 aromatic rings. The van der Waals surface area contributed by atoms with Gasteiger partial charge in [-0.1, -0.05) is 19.4 Å². The number of allylic oxidation sites excluding steroid dienone is 1. The average Bonchev–Trinajstić information content (AvgIpc) is 3.06. The third-order valence-electron chi connectivity index (χ3n) is 10.8. The van der Waals surface area contributed by atoms with Gasteiger partial charge in [-0.25, -0.2) is 0 Å². The van der Waals surface area contributed by atoms with Crippen molar-refractivity contribution in [3.8, 4) is 0 Å². The molecule has 0 bridgehead atoms. The fourth-order valence-corrected chi connectivity index (χ4v) is 9.29. The second-order valence-electron chi connectivity index (χ2n) is 12.3. The van der Waals surface area contributed by atoms with Crippen molar-refractivity contribution in [3.05, 3.63) is 12.2 Å². The van der Waals surface area contributed by atoms with Crippen LogP contribution in [0.5, 0.6) is 0 Å². The molecule has 4 rings (SSSR count). The van der Waals surface area contributed by atoms with Crippen LogP contribution in [-0.4, -0.2) is 45.3 Å². The highest BCUT2D eigenvalue weighted by atomic mass is 16.4. The van der Waals surface area contributed by atoms with Crippen LogP contribution in [0, 0.1) is 46.3 Å². The predicted molar refractivity (Wildman–Crippen MR) is 123 cm³/mol. The molecule has 4 aliphatic rings. The zero-order chi connectivity index (χ0) is 22.6. The van der Waals surface area contributed by atoms with Gasteiger partial charge in [0, 0.05) is 6.61 Å². The largest absolute Gasteiger partial charge is 0.396 e. The Hall–Kier alpha value is -0.420. The molecule has 4 nitrogen and oxygen atoms in total. The number of fused-ring (bicyclic) bond motifs is 5. The standard InChI is InChI=1S/C27H46O4/c1-16(2)6-5-7-17(15-28)19-10-11-20-18-8-9-22-24(30)25(31)23(29)14-27(22,4)21(18)12-13-26(19,20)3/h17-25,28-31H,1,5-15H2,2-4H3. The van der Waals surface area contributed by atoms with E-state index >= 15 is 0 Å². The van der Waals surface area contributed by atoms with Crippen molar-refractivity contribution in [1.29, 1.82) is 0 Å². The molecule has 4 saturated carbocycles. The minimum absolute atomic E-state index is 0.0851. The predicted octanol–water partition coefficient (Wildman–Crippen LogP) is 4.30. The molecule has 4 fully saturated rings. The Morgan fingerprint density at radius 3 is 2.29 bits per heavy atom. The summed E-state index contributed by atoms with van der Waals surface area (Å²) in [5.74, 6) is 2.95. The van der Waals surface area contributed by atoms with Crippen molar-refractivity contribution in [3.63, 3.8) is 0 Å². The van der Waals surface area contributed by atoms with Crippen LogP contribution in [0.3, 0.4) is 0 Å². The molecule has 0 aliphatic heterocycles. The van der Waals surface area contributed by atoms with Gasteiger partial charge in [-0.3, -0.25) is 0 Å². The summed E-state index contributed by atoms with van der Waals surface area (Å²) in [4.78, 5) is 0. The van der Waals surface area contributed by atoms with Crippen molar-refractivity contribution >= 4 is 0 Å². The summed E-state index contributed by atoms with van der Waals surface area (Å²) in [5.41, 5.74) is 1.45. The van der Waals surface area contributed by atoms with E-state index in [0.717, 1.165) is 38.5 Å². The van der Waals surface area contributed by atoms with E-state index in [2.05, 4.69) is 27.4 Å². The summed E-state index contributed by atoms with van der Waals surface area (Å²) < 4.78 is 0. The van der Waals surface area contributed by atoms with Gasteiger partial charge in [0.05, 0.1) is 12.2 Å². The van der Waals surface area contributed by atoms with Gasteiger partial charge in [-0.2, -0.15) is 0 Å². The smallest absolute Gasteiger partial charge is 0.106 e. The molecule has 0 aromatic carbocycles. The first-order valence-corrected chi connectivity index (χ1v) is 12.9. The number of rotatable bonds is 6. The van der Waals surface area contributed by atoms with E-state index in [1.165, 1.54) is 24.8 Å². The molecule has 11 atom stereocenters. The van der Waals surface area contributed by atoms with E-state index in [0.29, 0.717) is 48.0 Å². The van der Waals surface area contributed by atoms with Gasteiger partial charge in [0.1, 0.15) is 6.10 Å². The summed E-state index contributed by atoms with van der Waals surface area (Å²) in [6.45, 7) is 11.2. The Balaban J connectivity index is 1.52. The Bertz CT molecular complexity index is 664. The van der Waals surface area contributed by atoms with Gasteiger partial charge >= 0.3 is 0 Å². The molecule has 31 heavy (non-hydrogen) atoms. The first kappa shape index (κ1) is 23.7. The number of aliphatic hydroxyl groups excluding tert-OH is 4. The van der Waals surface area contributed by atoms with E-state index in [-0.39, 0.29) is 11.3 Å². The van der Waals surface area contributed by atoms with E-state index in [9.17, 15) is 20.4 Å². The van der Waals surface area contributed by atoms with Crippen molar-refractivity contribution in [2.75, 3.05) is 6.61 Å². The van der Waals surface area contributed by atoms with Crippen LogP contribution in [0.1, 0.15) is 85.0 Å². The van der Waals surface area contributed by atoms with Crippen molar-refractivity contribution in [2.45, 2.75) is 103 Å². The third-order valence-corrected chi connectivity index (χ3v) is 10.8. The highest BCUT2D eigenvalue weighted by Gasteiger charge is 2.63. The van der Waals surface area contributed by atoms with Crippen molar-refractivity contribution in [2.24, 2.45) is 46.3 Å². The van der Waals surface area contributed by atoms with Crippen LogP contribution in [0.2, 0.25) is 0 Å². The van der Waals surface area contributed by atoms with Gasteiger partial charge in [0.2, 0.25) is 0 Å². The maximum Gasteiger partial charge on any atom is 0.106 e. The molecule has 178 valence electrons. The fourth-order valence-electron chi connectivity index (χ4n) is 9.29. The van der Waals surface area contributed by atoms with Gasteiger partial charge in [-0.15, -0.1) is 6.58 Å². The first-order valence-electron chi connectivity index (χ1n) is 12.9. The zero-order valence-electron chi connectivity index (χ0n) is 20.0. The normalized spacial score (nSPS) is 50.3. The second kappa shape index (κ2) is 8.74. The molecule has 0 spiro atoms. The Labute approximate surface area is 189 Å². The molecular formula is C27H46O4. The fraction of sp³-hybridized carbons (Fsp3) is 0.926. The Morgan fingerprint density at radius 2 is 1.61 bits per heavy atom. The van der Waals surface area contributed by atoms with Crippen LogP contribution >= 0.6 is 0 Å². The van der Waals surface area contributed by atoms with Crippen molar-refractivity contribution < 1.29 is 20.4 Å². The van der Waals surface area contributed by atoms with Gasteiger partial charge < -0.3 is 20.4 Å². The minimum Gasteiger partial charge on any atom is -0.396 e. The zero-order valence-corrected chi connectivity index (χ0v) is 20.0. The molecule has 4 heteroatoms. The molecule has 4 aliphatic carbocycles. The summed E-state index contributed by atoms with van der Waals surface area (Å²) >= 11 is 0. The Morgan fingerprint density at radius 1 is 0.935 bits per heavy atom.